The molecular weight excluding hydrogens is 236 g/mol. The number of nitrogens with zero attached hydrogens (tertiary/aromatic N) is 4. The van der Waals surface area contributed by atoms with Crippen molar-refractivity contribution in [3.63, 3.8) is 0 Å². The molecule has 1 saturated carbocycles. The van der Waals surface area contributed by atoms with Crippen LogP contribution in [0.4, 0.5) is 0 Å². The lowest BCUT2D eigenvalue weighted by Gasteiger charge is -2.26. The lowest BCUT2D eigenvalue weighted by molar-refractivity contribution is 0.308. The predicted molar refractivity (Wildman–Crippen MR) is 75.9 cm³/mol. The average molecular weight is 260 g/mol. The van der Waals surface area contributed by atoms with Gasteiger partial charge in [-0.1, -0.05) is 12.2 Å². The van der Waals surface area contributed by atoms with Crippen molar-refractivity contribution in [1.82, 2.24) is 4.90 Å². The van der Waals surface area contributed by atoms with E-state index in [1.54, 1.807) is 0 Å². The van der Waals surface area contributed by atoms with Gasteiger partial charge < -0.3 is 4.90 Å². The van der Waals surface area contributed by atoms with Crippen molar-refractivity contribution in [2.24, 2.45) is 16.1 Å². The molecule has 104 valence electrons. The summed E-state index contributed by atoms with van der Waals surface area (Å²) in [7, 11) is 4.23. The maximum absolute atomic E-state index is 8.86. The molecule has 2 atom stereocenters. The van der Waals surface area contributed by atoms with Crippen LogP contribution in [0.3, 0.4) is 0 Å². The van der Waals surface area contributed by atoms with Gasteiger partial charge in [-0.2, -0.15) is 15.5 Å². The van der Waals surface area contributed by atoms with Gasteiger partial charge >= 0.3 is 0 Å². The highest BCUT2D eigenvalue weighted by Gasteiger charge is 2.21. The van der Waals surface area contributed by atoms with Gasteiger partial charge in [0.25, 0.3) is 0 Å². The zero-order valence-electron chi connectivity index (χ0n) is 12.0. The topological polar surface area (TPSA) is 51.8 Å². The standard InChI is InChI=1S/C15H24N4/c1-19(2)15-9-7-14(8-10-15)18-17-13-5-3-12(11-16)4-6-13/h7,9,12-15H,3-6,8,10H2,1-2H3/b18-17+. The van der Waals surface area contributed by atoms with Gasteiger partial charge in [-0.3, -0.25) is 0 Å². The number of nitriles is 1. The summed E-state index contributed by atoms with van der Waals surface area (Å²) in [5, 5.41) is 17.8. The molecule has 0 aromatic heterocycles. The van der Waals surface area contributed by atoms with Crippen molar-refractivity contribution >= 4 is 0 Å². The summed E-state index contributed by atoms with van der Waals surface area (Å²) < 4.78 is 0. The minimum Gasteiger partial charge on any atom is -0.303 e. The molecule has 2 rings (SSSR count). The van der Waals surface area contributed by atoms with Gasteiger partial charge in [0, 0.05) is 12.0 Å². The molecule has 2 aliphatic carbocycles. The van der Waals surface area contributed by atoms with Gasteiger partial charge in [-0.25, -0.2) is 0 Å². The zero-order valence-corrected chi connectivity index (χ0v) is 12.0. The van der Waals surface area contributed by atoms with E-state index in [0.717, 1.165) is 38.5 Å². The largest absolute Gasteiger partial charge is 0.303 e. The van der Waals surface area contributed by atoms with Crippen LogP contribution in [0.2, 0.25) is 0 Å². The molecule has 0 amide bonds. The maximum Gasteiger partial charge on any atom is 0.0890 e. The Balaban J connectivity index is 1.78. The van der Waals surface area contributed by atoms with E-state index in [1.807, 2.05) is 0 Å². The first-order valence-corrected chi connectivity index (χ1v) is 7.33. The highest BCUT2D eigenvalue weighted by atomic mass is 15.1. The lowest BCUT2D eigenvalue weighted by atomic mass is 9.87. The summed E-state index contributed by atoms with van der Waals surface area (Å²) in [6, 6.07) is 3.53. The Hall–Kier alpha value is -1.21. The summed E-state index contributed by atoms with van der Waals surface area (Å²) in [6.07, 6.45) is 10.7. The fourth-order valence-corrected chi connectivity index (χ4v) is 2.82. The van der Waals surface area contributed by atoms with Crippen molar-refractivity contribution in [3.05, 3.63) is 12.2 Å². The Bertz CT molecular complexity index is 372. The zero-order chi connectivity index (χ0) is 13.7. The molecule has 2 unspecified atom stereocenters. The van der Waals surface area contributed by atoms with Gasteiger partial charge in [0.1, 0.15) is 0 Å². The van der Waals surface area contributed by atoms with Crippen molar-refractivity contribution in [3.8, 4) is 6.07 Å². The van der Waals surface area contributed by atoms with E-state index in [9.17, 15) is 0 Å². The molecule has 0 bridgehead atoms. The summed E-state index contributed by atoms with van der Waals surface area (Å²) in [5.74, 6) is 0.252. The van der Waals surface area contributed by atoms with Gasteiger partial charge in [0.2, 0.25) is 0 Å². The second-order valence-corrected chi connectivity index (χ2v) is 5.93. The molecule has 19 heavy (non-hydrogen) atoms. The van der Waals surface area contributed by atoms with Gasteiger partial charge in [-0.05, 0) is 52.6 Å². The van der Waals surface area contributed by atoms with E-state index in [4.69, 9.17) is 5.26 Å². The van der Waals surface area contributed by atoms with Crippen LogP contribution in [0.1, 0.15) is 38.5 Å². The molecule has 0 saturated heterocycles. The Labute approximate surface area is 116 Å². The van der Waals surface area contributed by atoms with Crippen molar-refractivity contribution in [1.29, 1.82) is 5.26 Å². The quantitative estimate of drug-likeness (QED) is 0.578. The van der Waals surface area contributed by atoms with Crippen LogP contribution in [0.15, 0.2) is 22.4 Å². The Morgan fingerprint density at radius 1 is 1.00 bits per heavy atom. The normalized spacial score (nSPS) is 35.7. The molecule has 0 N–H and O–H groups in total. The van der Waals surface area contributed by atoms with Crippen LogP contribution in [0, 0.1) is 17.2 Å². The first-order valence-electron chi connectivity index (χ1n) is 7.33. The van der Waals surface area contributed by atoms with Crippen LogP contribution in [0.5, 0.6) is 0 Å². The second kappa shape index (κ2) is 6.81. The monoisotopic (exact) mass is 260 g/mol. The molecule has 0 heterocycles. The summed E-state index contributed by atoms with van der Waals surface area (Å²) >= 11 is 0. The summed E-state index contributed by atoms with van der Waals surface area (Å²) in [4.78, 5) is 2.24. The smallest absolute Gasteiger partial charge is 0.0890 e. The van der Waals surface area contributed by atoms with Crippen molar-refractivity contribution in [2.75, 3.05) is 14.1 Å². The van der Waals surface area contributed by atoms with Crippen molar-refractivity contribution in [2.45, 2.75) is 56.7 Å². The molecule has 0 aromatic rings. The molecule has 4 nitrogen and oxygen atoms in total. The van der Waals surface area contributed by atoms with E-state index in [2.05, 4.69) is 47.4 Å². The number of hydrogen-bond acceptors (Lipinski definition) is 4. The molecule has 0 spiro atoms. The van der Waals surface area contributed by atoms with Gasteiger partial charge in [-0.15, -0.1) is 0 Å². The number of rotatable bonds is 3. The first-order chi connectivity index (χ1) is 9.19. The van der Waals surface area contributed by atoms with Crippen LogP contribution in [0.25, 0.3) is 0 Å². The van der Waals surface area contributed by atoms with E-state index in [1.165, 1.54) is 0 Å². The summed E-state index contributed by atoms with van der Waals surface area (Å²) in [5.41, 5.74) is 0. The van der Waals surface area contributed by atoms with Crippen LogP contribution in [-0.4, -0.2) is 37.1 Å². The lowest BCUT2D eigenvalue weighted by Crippen LogP contribution is -2.29. The fraction of sp³-hybridized carbons (Fsp3) is 0.800. The van der Waals surface area contributed by atoms with E-state index in [0.29, 0.717) is 12.1 Å². The van der Waals surface area contributed by atoms with Gasteiger partial charge in [0.15, 0.2) is 0 Å². The predicted octanol–water partition coefficient (Wildman–Crippen LogP) is 3.17. The number of hydrogen-bond donors (Lipinski definition) is 0. The third kappa shape index (κ3) is 4.14. The van der Waals surface area contributed by atoms with Crippen LogP contribution >= 0.6 is 0 Å². The minimum absolute atomic E-state index is 0.252. The van der Waals surface area contributed by atoms with E-state index in [-0.39, 0.29) is 12.0 Å². The first kappa shape index (κ1) is 14.2. The fourth-order valence-electron chi connectivity index (χ4n) is 2.82. The molecule has 0 aliphatic heterocycles. The Kier molecular flexibility index (Phi) is 5.09. The van der Waals surface area contributed by atoms with Gasteiger partial charge in [0.05, 0.1) is 18.2 Å². The van der Waals surface area contributed by atoms with E-state index < -0.39 is 0 Å². The second-order valence-electron chi connectivity index (χ2n) is 5.93. The highest BCUT2D eigenvalue weighted by molar-refractivity contribution is 5.04. The molecule has 4 heteroatoms. The molecular formula is C15H24N4. The SMILES string of the molecule is CN(C)C1C=CC(/N=N/C2CCC(C#N)CC2)CC1. The van der Waals surface area contributed by atoms with Crippen LogP contribution < -0.4 is 0 Å². The number of azo groups is 1. The molecule has 0 radical (unpaired) electrons. The average Bonchev–Trinajstić information content (AvgIpc) is 2.46. The molecule has 2 aliphatic rings. The highest BCUT2D eigenvalue weighted by Crippen LogP contribution is 2.26. The summed E-state index contributed by atoms with van der Waals surface area (Å²) in [6.45, 7) is 0. The molecule has 0 aromatic carbocycles. The minimum atomic E-state index is 0.252. The Morgan fingerprint density at radius 2 is 1.74 bits per heavy atom. The van der Waals surface area contributed by atoms with Crippen molar-refractivity contribution < 1.29 is 0 Å². The maximum atomic E-state index is 8.86. The third-order valence-corrected chi connectivity index (χ3v) is 4.23. The molecule has 1 fully saturated rings. The van der Waals surface area contributed by atoms with E-state index >= 15 is 0 Å². The number of likely N-dealkylation sites (N-methyl/N-ethyl adjacent to an activating group) is 1. The third-order valence-electron chi connectivity index (χ3n) is 4.23. The van der Waals surface area contributed by atoms with Crippen LogP contribution in [-0.2, 0) is 0 Å². The Morgan fingerprint density at radius 3 is 2.26 bits per heavy atom.